The molecule has 0 aliphatic rings. The van der Waals surface area contributed by atoms with Gasteiger partial charge < -0.3 is 20.5 Å². The molecular weight excluding hydrogens is 272 g/mol. The van der Waals surface area contributed by atoms with Crippen LogP contribution in [0.15, 0.2) is 24.3 Å². The largest absolute Gasteiger partial charge is 0.468 e. The van der Waals surface area contributed by atoms with Crippen LogP contribution in [-0.4, -0.2) is 31.3 Å². The molecule has 0 fully saturated rings. The van der Waals surface area contributed by atoms with Crippen molar-refractivity contribution in [2.24, 2.45) is 0 Å². The Bertz CT molecular complexity index is 509. The molecule has 1 atom stereocenters. The average Bonchev–Trinajstić information content (AvgIpc) is 2.36. The van der Waals surface area contributed by atoms with Gasteiger partial charge in [0.05, 0.1) is 13.0 Å². The molecule has 6 nitrogen and oxygen atoms in total. The highest BCUT2D eigenvalue weighted by Gasteiger charge is 2.24. The van der Waals surface area contributed by atoms with Gasteiger partial charge in [0, 0.05) is 12.2 Å². The molecule has 0 radical (unpaired) electrons. The van der Waals surface area contributed by atoms with Gasteiger partial charge >= 0.3 is 12.1 Å². The van der Waals surface area contributed by atoms with Gasteiger partial charge in [0.2, 0.25) is 0 Å². The molecular formula is C15H22N2O4. The minimum Gasteiger partial charge on any atom is -0.468 e. The highest BCUT2D eigenvalue weighted by atomic mass is 16.6. The summed E-state index contributed by atoms with van der Waals surface area (Å²) < 4.78 is 9.90. The van der Waals surface area contributed by atoms with Crippen molar-refractivity contribution in [2.45, 2.75) is 32.3 Å². The van der Waals surface area contributed by atoms with Crippen LogP contribution in [-0.2, 0) is 14.3 Å². The lowest BCUT2D eigenvalue weighted by Gasteiger charge is -2.21. The number of carbonyl (C=O) groups excluding carboxylic acids is 2. The number of rotatable bonds is 4. The number of alkyl carbamates (subject to hydrolysis) is 1. The smallest absolute Gasteiger partial charge is 0.407 e. The maximum absolute atomic E-state index is 11.9. The van der Waals surface area contributed by atoms with Crippen LogP contribution in [0.1, 0.15) is 32.3 Å². The number of esters is 1. The van der Waals surface area contributed by atoms with Crippen molar-refractivity contribution in [3.63, 3.8) is 0 Å². The molecule has 1 aromatic rings. The molecule has 1 aromatic carbocycles. The van der Waals surface area contributed by atoms with E-state index in [1.807, 2.05) is 0 Å². The number of nitrogen functional groups attached to an aromatic ring is 1. The summed E-state index contributed by atoms with van der Waals surface area (Å²) in [6.07, 6.45) is -0.583. The molecule has 0 aliphatic heterocycles. The van der Waals surface area contributed by atoms with E-state index in [9.17, 15) is 9.59 Å². The Morgan fingerprint density at radius 3 is 2.52 bits per heavy atom. The molecule has 116 valence electrons. The molecule has 3 N–H and O–H groups in total. The number of amides is 1. The van der Waals surface area contributed by atoms with Crippen molar-refractivity contribution in [1.29, 1.82) is 0 Å². The van der Waals surface area contributed by atoms with Crippen LogP contribution in [0.3, 0.4) is 0 Å². The molecule has 0 bridgehead atoms. The SMILES string of the molecule is COC(=O)C(CNC(=O)OC(C)(C)C)c1cccc(N)c1. The Labute approximate surface area is 124 Å². The lowest BCUT2D eigenvalue weighted by molar-refractivity contribution is -0.142. The zero-order valence-corrected chi connectivity index (χ0v) is 12.8. The van der Waals surface area contributed by atoms with Crippen molar-refractivity contribution in [3.05, 3.63) is 29.8 Å². The predicted octanol–water partition coefficient (Wildman–Crippen LogP) is 2.05. The monoisotopic (exact) mass is 294 g/mol. The topological polar surface area (TPSA) is 90.6 Å². The Morgan fingerprint density at radius 1 is 1.33 bits per heavy atom. The van der Waals surface area contributed by atoms with Crippen LogP contribution in [0.4, 0.5) is 10.5 Å². The van der Waals surface area contributed by atoms with Gasteiger partial charge in [-0.05, 0) is 38.5 Å². The van der Waals surface area contributed by atoms with E-state index in [1.54, 1.807) is 45.0 Å². The van der Waals surface area contributed by atoms with Crippen molar-refractivity contribution in [3.8, 4) is 0 Å². The molecule has 0 spiro atoms. The Morgan fingerprint density at radius 2 is 2.00 bits per heavy atom. The van der Waals surface area contributed by atoms with Crippen LogP contribution in [0.2, 0.25) is 0 Å². The van der Waals surface area contributed by atoms with Gasteiger partial charge in [-0.3, -0.25) is 4.79 Å². The lowest BCUT2D eigenvalue weighted by atomic mass is 9.98. The fraction of sp³-hybridized carbons (Fsp3) is 0.467. The number of methoxy groups -OCH3 is 1. The lowest BCUT2D eigenvalue weighted by Crippen LogP contribution is -2.36. The average molecular weight is 294 g/mol. The molecule has 6 heteroatoms. The van der Waals surface area contributed by atoms with Gasteiger partial charge in [-0.15, -0.1) is 0 Å². The summed E-state index contributed by atoms with van der Waals surface area (Å²) in [7, 11) is 1.30. The first kappa shape index (κ1) is 16.8. The summed E-state index contributed by atoms with van der Waals surface area (Å²) in [6, 6.07) is 6.90. The number of hydrogen-bond donors (Lipinski definition) is 2. The van der Waals surface area contributed by atoms with Gasteiger partial charge in [0.1, 0.15) is 5.60 Å². The Kier molecular flexibility index (Phi) is 5.58. The third-order valence-electron chi connectivity index (χ3n) is 2.65. The van der Waals surface area contributed by atoms with Gasteiger partial charge in [-0.25, -0.2) is 4.79 Å². The standard InChI is InChI=1S/C15H22N2O4/c1-15(2,3)21-14(19)17-9-12(13(18)20-4)10-6-5-7-11(16)8-10/h5-8,12H,9,16H2,1-4H3,(H,17,19). The van der Waals surface area contributed by atoms with Crippen LogP contribution in [0.5, 0.6) is 0 Å². The minimum atomic E-state index is -0.633. The number of benzene rings is 1. The van der Waals surface area contributed by atoms with E-state index in [0.29, 0.717) is 11.3 Å². The first-order valence-electron chi connectivity index (χ1n) is 6.63. The normalized spacial score (nSPS) is 12.4. The van der Waals surface area contributed by atoms with Gasteiger partial charge in [-0.2, -0.15) is 0 Å². The first-order valence-corrected chi connectivity index (χ1v) is 6.63. The maximum Gasteiger partial charge on any atom is 0.407 e. The molecule has 1 amide bonds. The fourth-order valence-electron chi connectivity index (χ4n) is 1.75. The third-order valence-corrected chi connectivity index (χ3v) is 2.65. The minimum absolute atomic E-state index is 0.0744. The van der Waals surface area contributed by atoms with E-state index in [0.717, 1.165) is 0 Å². The van der Waals surface area contributed by atoms with E-state index in [-0.39, 0.29) is 6.54 Å². The van der Waals surface area contributed by atoms with Crippen LogP contribution < -0.4 is 11.1 Å². The van der Waals surface area contributed by atoms with E-state index in [4.69, 9.17) is 15.2 Å². The maximum atomic E-state index is 11.9. The summed E-state index contributed by atoms with van der Waals surface area (Å²) in [5.74, 6) is -1.08. The number of nitrogens with one attached hydrogen (secondary N) is 1. The Balaban J connectivity index is 2.77. The molecule has 0 heterocycles. The summed E-state index contributed by atoms with van der Waals surface area (Å²) in [6.45, 7) is 5.37. The summed E-state index contributed by atoms with van der Waals surface area (Å²) >= 11 is 0. The predicted molar refractivity (Wildman–Crippen MR) is 79.8 cm³/mol. The quantitative estimate of drug-likeness (QED) is 0.655. The number of carbonyl (C=O) groups is 2. The number of hydrogen-bond acceptors (Lipinski definition) is 5. The van der Waals surface area contributed by atoms with Gasteiger partial charge in [0.25, 0.3) is 0 Å². The molecule has 1 rings (SSSR count). The number of nitrogens with two attached hydrogens (primary N) is 1. The van der Waals surface area contributed by atoms with E-state index in [1.165, 1.54) is 7.11 Å². The second-order valence-electron chi connectivity index (χ2n) is 5.63. The van der Waals surface area contributed by atoms with Gasteiger partial charge in [0.15, 0.2) is 0 Å². The van der Waals surface area contributed by atoms with Crippen molar-refractivity contribution >= 4 is 17.7 Å². The third kappa shape index (κ3) is 5.72. The molecule has 0 saturated carbocycles. The summed E-state index contributed by atoms with van der Waals surface area (Å²) in [5.41, 5.74) is 6.34. The summed E-state index contributed by atoms with van der Waals surface area (Å²) in [4.78, 5) is 23.5. The molecule has 0 aromatic heterocycles. The van der Waals surface area contributed by atoms with Crippen LogP contribution in [0.25, 0.3) is 0 Å². The van der Waals surface area contributed by atoms with E-state index >= 15 is 0 Å². The van der Waals surface area contributed by atoms with Crippen molar-refractivity contribution < 1.29 is 19.1 Å². The number of ether oxygens (including phenoxy) is 2. The van der Waals surface area contributed by atoms with Crippen molar-refractivity contribution in [1.82, 2.24) is 5.32 Å². The molecule has 1 unspecified atom stereocenters. The zero-order valence-electron chi connectivity index (χ0n) is 12.8. The fourth-order valence-corrected chi connectivity index (χ4v) is 1.75. The van der Waals surface area contributed by atoms with E-state index in [2.05, 4.69) is 5.32 Å². The molecule has 0 aliphatic carbocycles. The second kappa shape index (κ2) is 6.97. The summed E-state index contributed by atoms with van der Waals surface area (Å²) in [5, 5.41) is 2.57. The molecule has 21 heavy (non-hydrogen) atoms. The second-order valence-corrected chi connectivity index (χ2v) is 5.63. The molecule has 0 saturated heterocycles. The first-order chi connectivity index (χ1) is 9.73. The highest BCUT2D eigenvalue weighted by Crippen LogP contribution is 2.19. The van der Waals surface area contributed by atoms with E-state index < -0.39 is 23.6 Å². The Hall–Kier alpha value is -2.24. The van der Waals surface area contributed by atoms with Crippen LogP contribution >= 0.6 is 0 Å². The highest BCUT2D eigenvalue weighted by molar-refractivity contribution is 5.79. The van der Waals surface area contributed by atoms with Gasteiger partial charge in [-0.1, -0.05) is 12.1 Å². The number of anilines is 1. The van der Waals surface area contributed by atoms with Crippen molar-refractivity contribution in [2.75, 3.05) is 19.4 Å². The van der Waals surface area contributed by atoms with Crippen LogP contribution in [0, 0.1) is 0 Å². The zero-order chi connectivity index (χ0) is 16.0.